The number of fused-ring (bicyclic) bond motifs is 1. The van der Waals surface area contributed by atoms with Gasteiger partial charge in [-0.05, 0) is 24.6 Å². The van der Waals surface area contributed by atoms with E-state index in [1.807, 2.05) is 25.1 Å². The zero-order valence-corrected chi connectivity index (χ0v) is 8.49. The number of hydrogen-bond donors (Lipinski definition) is 1. The predicted octanol–water partition coefficient (Wildman–Crippen LogP) is 1.91. The molecular formula is C11H12N2O2. The molecule has 0 spiro atoms. The van der Waals surface area contributed by atoms with Gasteiger partial charge < -0.3 is 4.74 Å². The molecule has 0 saturated carbocycles. The van der Waals surface area contributed by atoms with Crippen LogP contribution in [0.3, 0.4) is 0 Å². The summed E-state index contributed by atoms with van der Waals surface area (Å²) in [5.41, 5.74) is 2.37. The van der Waals surface area contributed by atoms with Crippen molar-refractivity contribution in [3.8, 4) is 0 Å². The molecule has 0 atom stereocenters. The first-order chi connectivity index (χ1) is 7.35. The highest BCUT2D eigenvalue weighted by Gasteiger charge is 2.04. The molecular weight excluding hydrogens is 192 g/mol. The van der Waals surface area contributed by atoms with Gasteiger partial charge in [-0.25, -0.2) is 0 Å². The lowest BCUT2D eigenvalue weighted by atomic mass is 10.1. The van der Waals surface area contributed by atoms with Gasteiger partial charge in [0.15, 0.2) is 6.29 Å². The van der Waals surface area contributed by atoms with Gasteiger partial charge in [0.2, 0.25) is 0 Å². The van der Waals surface area contributed by atoms with Crippen LogP contribution in [0.5, 0.6) is 0 Å². The standard InChI is InChI=1S/C11H12N2O2/c1-2-15-7-8-3-4-10-9(5-8)11(6-14)13-12-10/h3-6H,2,7H2,1H3,(H,12,13). The molecule has 1 heterocycles. The number of aldehydes is 1. The fourth-order valence-corrected chi connectivity index (χ4v) is 1.48. The Kier molecular flexibility index (Phi) is 2.78. The van der Waals surface area contributed by atoms with E-state index in [1.165, 1.54) is 0 Å². The molecule has 0 fully saturated rings. The van der Waals surface area contributed by atoms with Crippen LogP contribution in [-0.2, 0) is 11.3 Å². The highest BCUT2D eigenvalue weighted by molar-refractivity contribution is 5.95. The van der Waals surface area contributed by atoms with Crippen LogP contribution in [-0.4, -0.2) is 23.1 Å². The second kappa shape index (κ2) is 4.23. The van der Waals surface area contributed by atoms with Gasteiger partial charge in [-0.2, -0.15) is 5.10 Å². The number of ether oxygens (including phenoxy) is 1. The van der Waals surface area contributed by atoms with Crippen LogP contribution in [0.15, 0.2) is 18.2 Å². The van der Waals surface area contributed by atoms with Crippen molar-refractivity contribution in [2.24, 2.45) is 0 Å². The molecule has 0 amide bonds. The molecule has 2 aromatic rings. The number of H-pyrrole nitrogens is 1. The van der Waals surface area contributed by atoms with E-state index in [2.05, 4.69) is 10.2 Å². The lowest BCUT2D eigenvalue weighted by molar-refractivity contribution is 0.112. The molecule has 0 aliphatic rings. The number of aromatic amines is 1. The van der Waals surface area contributed by atoms with Gasteiger partial charge >= 0.3 is 0 Å². The van der Waals surface area contributed by atoms with Crippen molar-refractivity contribution >= 4 is 17.2 Å². The number of carbonyl (C=O) groups is 1. The molecule has 4 nitrogen and oxygen atoms in total. The lowest BCUT2D eigenvalue weighted by Crippen LogP contribution is -1.91. The van der Waals surface area contributed by atoms with Gasteiger partial charge in [0, 0.05) is 12.0 Å². The zero-order chi connectivity index (χ0) is 10.7. The van der Waals surface area contributed by atoms with Crippen molar-refractivity contribution in [3.05, 3.63) is 29.5 Å². The normalized spacial score (nSPS) is 10.7. The van der Waals surface area contributed by atoms with Crippen LogP contribution in [0, 0.1) is 0 Å². The molecule has 1 N–H and O–H groups in total. The Morgan fingerprint density at radius 2 is 2.40 bits per heavy atom. The van der Waals surface area contributed by atoms with Gasteiger partial charge in [-0.15, -0.1) is 0 Å². The average Bonchev–Trinajstić information content (AvgIpc) is 2.68. The lowest BCUT2D eigenvalue weighted by Gasteiger charge is -2.00. The van der Waals surface area contributed by atoms with Crippen molar-refractivity contribution in [1.82, 2.24) is 10.2 Å². The second-order valence-electron chi connectivity index (χ2n) is 3.24. The number of benzene rings is 1. The molecule has 0 saturated heterocycles. The summed E-state index contributed by atoms with van der Waals surface area (Å²) in [7, 11) is 0. The zero-order valence-electron chi connectivity index (χ0n) is 8.49. The maximum atomic E-state index is 10.7. The third kappa shape index (κ3) is 1.89. The molecule has 4 heteroatoms. The largest absolute Gasteiger partial charge is 0.377 e. The van der Waals surface area contributed by atoms with Crippen LogP contribution in [0.4, 0.5) is 0 Å². The number of rotatable bonds is 4. The van der Waals surface area contributed by atoms with Crippen LogP contribution >= 0.6 is 0 Å². The van der Waals surface area contributed by atoms with Crippen LogP contribution in [0.2, 0.25) is 0 Å². The minimum atomic E-state index is 0.517. The van der Waals surface area contributed by atoms with Crippen molar-refractivity contribution < 1.29 is 9.53 Å². The highest BCUT2D eigenvalue weighted by atomic mass is 16.5. The Morgan fingerprint density at radius 3 is 3.13 bits per heavy atom. The Bertz CT molecular complexity index is 476. The van der Waals surface area contributed by atoms with Crippen LogP contribution < -0.4 is 0 Å². The molecule has 2 rings (SSSR count). The van der Waals surface area contributed by atoms with E-state index in [0.29, 0.717) is 18.9 Å². The molecule has 0 aliphatic heterocycles. The van der Waals surface area contributed by atoms with E-state index in [-0.39, 0.29) is 0 Å². The molecule has 15 heavy (non-hydrogen) atoms. The number of nitrogens with one attached hydrogen (secondary N) is 1. The van der Waals surface area contributed by atoms with E-state index in [1.54, 1.807) is 0 Å². The summed E-state index contributed by atoms with van der Waals surface area (Å²) in [6.45, 7) is 3.20. The number of hydrogen-bond acceptors (Lipinski definition) is 3. The molecule has 1 aromatic heterocycles. The molecule has 0 aliphatic carbocycles. The van der Waals surface area contributed by atoms with E-state index >= 15 is 0 Å². The molecule has 78 valence electrons. The number of aromatic nitrogens is 2. The summed E-state index contributed by atoms with van der Waals surface area (Å²) in [5, 5.41) is 7.55. The van der Waals surface area contributed by atoms with E-state index in [9.17, 15) is 4.79 Å². The maximum absolute atomic E-state index is 10.7. The quantitative estimate of drug-likeness (QED) is 0.774. The summed E-state index contributed by atoms with van der Waals surface area (Å²) in [6.07, 6.45) is 0.778. The Balaban J connectivity index is 2.39. The Hall–Kier alpha value is -1.68. The molecule has 0 bridgehead atoms. The van der Waals surface area contributed by atoms with Crippen molar-refractivity contribution in [2.75, 3.05) is 6.61 Å². The molecule has 0 radical (unpaired) electrons. The summed E-state index contributed by atoms with van der Waals surface area (Å²) in [5.74, 6) is 0. The van der Waals surface area contributed by atoms with E-state index < -0.39 is 0 Å². The first-order valence-electron chi connectivity index (χ1n) is 4.85. The first kappa shape index (κ1) is 9.86. The third-order valence-corrected chi connectivity index (χ3v) is 2.24. The van der Waals surface area contributed by atoms with Crippen molar-refractivity contribution in [3.63, 3.8) is 0 Å². The summed E-state index contributed by atoms with van der Waals surface area (Å²) < 4.78 is 5.30. The summed E-state index contributed by atoms with van der Waals surface area (Å²) >= 11 is 0. The number of nitrogens with zero attached hydrogens (tertiary/aromatic N) is 1. The summed E-state index contributed by atoms with van der Waals surface area (Å²) in [6, 6.07) is 5.76. The van der Waals surface area contributed by atoms with Gasteiger partial charge in [0.25, 0.3) is 0 Å². The Morgan fingerprint density at radius 1 is 1.53 bits per heavy atom. The minimum Gasteiger partial charge on any atom is -0.377 e. The fourth-order valence-electron chi connectivity index (χ4n) is 1.48. The fraction of sp³-hybridized carbons (Fsp3) is 0.273. The van der Waals surface area contributed by atoms with Crippen LogP contribution in [0.25, 0.3) is 10.9 Å². The molecule has 1 aromatic carbocycles. The van der Waals surface area contributed by atoms with Crippen LogP contribution in [0.1, 0.15) is 23.0 Å². The highest BCUT2D eigenvalue weighted by Crippen LogP contribution is 2.16. The van der Waals surface area contributed by atoms with Gasteiger partial charge in [-0.1, -0.05) is 6.07 Å². The predicted molar refractivity (Wildman–Crippen MR) is 56.8 cm³/mol. The SMILES string of the molecule is CCOCc1ccc2n[nH]c(C=O)c2c1. The average molecular weight is 204 g/mol. The third-order valence-electron chi connectivity index (χ3n) is 2.24. The van der Waals surface area contributed by atoms with Gasteiger partial charge in [-0.3, -0.25) is 9.89 Å². The first-order valence-corrected chi connectivity index (χ1v) is 4.85. The van der Waals surface area contributed by atoms with E-state index in [0.717, 1.165) is 22.8 Å². The monoisotopic (exact) mass is 204 g/mol. The van der Waals surface area contributed by atoms with E-state index in [4.69, 9.17) is 4.74 Å². The van der Waals surface area contributed by atoms with Crippen molar-refractivity contribution in [2.45, 2.75) is 13.5 Å². The van der Waals surface area contributed by atoms with Gasteiger partial charge in [0.05, 0.1) is 12.1 Å². The summed E-state index contributed by atoms with van der Waals surface area (Å²) in [4.78, 5) is 10.7. The smallest absolute Gasteiger partial charge is 0.168 e. The number of carbonyl (C=O) groups excluding carboxylic acids is 1. The second-order valence-corrected chi connectivity index (χ2v) is 3.24. The van der Waals surface area contributed by atoms with Crippen molar-refractivity contribution in [1.29, 1.82) is 0 Å². The molecule has 0 unspecified atom stereocenters. The minimum absolute atomic E-state index is 0.517. The Labute approximate surface area is 87.2 Å². The maximum Gasteiger partial charge on any atom is 0.168 e. The van der Waals surface area contributed by atoms with Gasteiger partial charge in [0.1, 0.15) is 5.69 Å². The topological polar surface area (TPSA) is 55.0 Å².